The van der Waals surface area contributed by atoms with Gasteiger partial charge >= 0.3 is 7.48 Å². The molecular formula is C13H21BNO2. The fourth-order valence-corrected chi connectivity index (χ4v) is 1.13. The molecule has 0 aliphatic heterocycles. The first-order valence-electron chi connectivity index (χ1n) is 5.77. The third-order valence-corrected chi connectivity index (χ3v) is 3.14. The summed E-state index contributed by atoms with van der Waals surface area (Å²) in [4.78, 5) is 0. The van der Waals surface area contributed by atoms with E-state index in [1.807, 2.05) is 45.2 Å². The zero-order valence-corrected chi connectivity index (χ0v) is 11.2. The Bertz CT molecular complexity index is 372. The predicted molar refractivity (Wildman–Crippen MR) is 72.8 cm³/mol. The summed E-state index contributed by atoms with van der Waals surface area (Å²) in [6.07, 6.45) is 0. The van der Waals surface area contributed by atoms with Gasteiger partial charge in [-0.2, -0.15) is 0 Å². The molecule has 2 N–H and O–H groups in total. The highest BCUT2D eigenvalue weighted by molar-refractivity contribution is 6.47. The van der Waals surface area contributed by atoms with Gasteiger partial charge in [0.15, 0.2) is 0 Å². The first-order chi connectivity index (χ1) is 7.76. The Morgan fingerprint density at radius 3 is 2.41 bits per heavy atom. The molecule has 0 aliphatic rings. The summed E-state index contributed by atoms with van der Waals surface area (Å²) in [7, 11) is 3.56. The lowest BCUT2D eigenvalue weighted by atomic mass is 9.82. The zero-order valence-electron chi connectivity index (χ0n) is 11.2. The molecule has 0 unspecified atom stereocenters. The SMILES string of the molecule is CNc1cccc([B]OC(C)(C)C(C)(C)O)c1. The van der Waals surface area contributed by atoms with E-state index in [9.17, 15) is 5.11 Å². The van der Waals surface area contributed by atoms with Crippen LogP contribution in [0.5, 0.6) is 0 Å². The number of anilines is 1. The van der Waals surface area contributed by atoms with Crippen molar-refractivity contribution in [2.45, 2.75) is 38.9 Å². The highest BCUT2D eigenvalue weighted by Gasteiger charge is 2.35. The largest absolute Gasteiger partial charge is 0.427 e. The normalized spacial score (nSPS) is 12.4. The van der Waals surface area contributed by atoms with E-state index < -0.39 is 11.2 Å². The van der Waals surface area contributed by atoms with Gasteiger partial charge < -0.3 is 15.1 Å². The van der Waals surface area contributed by atoms with E-state index in [4.69, 9.17) is 4.65 Å². The smallest absolute Gasteiger partial charge is 0.330 e. The Labute approximate surface area is 104 Å². The molecule has 1 aromatic rings. The monoisotopic (exact) mass is 234 g/mol. The summed E-state index contributed by atoms with van der Waals surface area (Å²) >= 11 is 0. The molecule has 0 saturated carbocycles. The summed E-state index contributed by atoms with van der Waals surface area (Å²) in [5.74, 6) is 0. The Morgan fingerprint density at radius 2 is 1.88 bits per heavy atom. The number of nitrogens with one attached hydrogen (secondary N) is 1. The zero-order chi connectivity index (χ0) is 13.1. The quantitative estimate of drug-likeness (QED) is 0.759. The van der Waals surface area contributed by atoms with Gasteiger partial charge in [0.2, 0.25) is 0 Å². The Kier molecular flexibility index (Phi) is 4.23. The lowest BCUT2D eigenvalue weighted by Gasteiger charge is -2.37. The summed E-state index contributed by atoms with van der Waals surface area (Å²) < 4.78 is 5.68. The molecule has 0 heterocycles. The van der Waals surface area contributed by atoms with Crippen molar-refractivity contribution < 1.29 is 9.76 Å². The standard InChI is InChI=1S/C13H21BNO2/c1-12(2,16)13(3,4)17-14-10-7-6-8-11(9-10)15-5/h6-9,15-16H,1-5H3. The van der Waals surface area contributed by atoms with Crippen LogP contribution >= 0.6 is 0 Å². The number of rotatable bonds is 5. The fraction of sp³-hybridized carbons (Fsp3) is 0.538. The molecule has 17 heavy (non-hydrogen) atoms. The van der Waals surface area contributed by atoms with Crippen molar-refractivity contribution in [3.8, 4) is 0 Å². The Morgan fingerprint density at radius 1 is 1.24 bits per heavy atom. The maximum Gasteiger partial charge on any atom is 0.330 e. The van der Waals surface area contributed by atoms with Gasteiger partial charge in [0.05, 0.1) is 11.2 Å². The van der Waals surface area contributed by atoms with Gasteiger partial charge in [-0.25, -0.2) is 0 Å². The minimum Gasteiger partial charge on any atom is -0.427 e. The molecule has 4 heteroatoms. The molecule has 0 atom stereocenters. The summed E-state index contributed by atoms with van der Waals surface area (Å²) in [6, 6.07) is 7.89. The van der Waals surface area contributed by atoms with Crippen molar-refractivity contribution in [1.29, 1.82) is 0 Å². The summed E-state index contributed by atoms with van der Waals surface area (Å²) in [6.45, 7) is 7.21. The second-order valence-corrected chi connectivity index (χ2v) is 5.18. The summed E-state index contributed by atoms with van der Waals surface area (Å²) in [5.41, 5.74) is 0.463. The van der Waals surface area contributed by atoms with Gasteiger partial charge in [-0.3, -0.25) is 0 Å². The van der Waals surface area contributed by atoms with Gasteiger partial charge in [0.1, 0.15) is 0 Å². The average molecular weight is 234 g/mol. The fourth-order valence-electron chi connectivity index (χ4n) is 1.13. The number of aliphatic hydroxyl groups is 1. The van der Waals surface area contributed by atoms with Crippen molar-refractivity contribution in [3.63, 3.8) is 0 Å². The molecule has 0 amide bonds. The minimum atomic E-state index is -0.899. The lowest BCUT2D eigenvalue weighted by Crippen LogP contribution is -2.49. The van der Waals surface area contributed by atoms with Crippen molar-refractivity contribution in [2.75, 3.05) is 12.4 Å². The minimum absolute atomic E-state index is 0.636. The van der Waals surface area contributed by atoms with Gasteiger partial charge in [0.25, 0.3) is 0 Å². The van der Waals surface area contributed by atoms with Crippen LogP contribution in [0.3, 0.4) is 0 Å². The third-order valence-electron chi connectivity index (χ3n) is 3.14. The highest BCUT2D eigenvalue weighted by atomic mass is 16.5. The van der Waals surface area contributed by atoms with Gasteiger partial charge in [-0.1, -0.05) is 17.6 Å². The van der Waals surface area contributed by atoms with E-state index in [-0.39, 0.29) is 0 Å². The molecule has 93 valence electrons. The molecule has 0 aromatic heterocycles. The predicted octanol–water partition coefficient (Wildman–Crippen LogP) is 1.54. The van der Waals surface area contributed by atoms with E-state index in [2.05, 4.69) is 5.32 Å². The number of hydrogen-bond donors (Lipinski definition) is 2. The molecule has 3 nitrogen and oxygen atoms in total. The van der Waals surface area contributed by atoms with Crippen molar-refractivity contribution in [1.82, 2.24) is 0 Å². The van der Waals surface area contributed by atoms with Crippen LogP contribution in [0.4, 0.5) is 5.69 Å². The van der Waals surface area contributed by atoms with Crippen LogP contribution in [0.15, 0.2) is 24.3 Å². The Balaban J connectivity index is 2.67. The van der Waals surface area contributed by atoms with Crippen molar-refractivity contribution in [2.24, 2.45) is 0 Å². The molecule has 0 aliphatic carbocycles. The second kappa shape index (κ2) is 5.11. The van der Waals surface area contributed by atoms with Crippen LogP contribution in [0.1, 0.15) is 27.7 Å². The van der Waals surface area contributed by atoms with Crippen molar-refractivity contribution in [3.05, 3.63) is 24.3 Å². The van der Waals surface area contributed by atoms with E-state index in [0.29, 0.717) is 0 Å². The first-order valence-corrected chi connectivity index (χ1v) is 5.77. The highest BCUT2D eigenvalue weighted by Crippen LogP contribution is 2.24. The Hall–Kier alpha value is -0.995. The van der Waals surface area contributed by atoms with Crippen LogP contribution in [0, 0.1) is 0 Å². The molecule has 1 radical (unpaired) electrons. The van der Waals surface area contributed by atoms with Crippen LogP contribution < -0.4 is 10.8 Å². The molecule has 0 saturated heterocycles. The molecular weight excluding hydrogens is 213 g/mol. The average Bonchev–Trinajstić information content (AvgIpc) is 2.25. The van der Waals surface area contributed by atoms with E-state index in [1.165, 1.54) is 0 Å². The van der Waals surface area contributed by atoms with Gasteiger partial charge in [-0.05, 0) is 39.8 Å². The van der Waals surface area contributed by atoms with E-state index in [1.54, 1.807) is 21.3 Å². The van der Waals surface area contributed by atoms with Crippen LogP contribution in [0.2, 0.25) is 0 Å². The maximum absolute atomic E-state index is 9.97. The molecule has 1 aromatic carbocycles. The van der Waals surface area contributed by atoms with E-state index in [0.717, 1.165) is 11.2 Å². The molecule has 1 rings (SSSR count). The number of benzene rings is 1. The van der Waals surface area contributed by atoms with E-state index >= 15 is 0 Å². The molecule has 0 spiro atoms. The van der Waals surface area contributed by atoms with Crippen molar-refractivity contribution >= 4 is 18.6 Å². The lowest BCUT2D eigenvalue weighted by molar-refractivity contribution is -0.0893. The topological polar surface area (TPSA) is 41.5 Å². The second-order valence-electron chi connectivity index (χ2n) is 5.18. The maximum atomic E-state index is 9.97. The molecule has 0 fully saturated rings. The number of hydrogen-bond acceptors (Lipinski definition) is 3. The van der Waals surface area contributed by atoms with Crippen LogP contribution in [-0.2, 0) is 4.65 Å². The first kappa shape index (κ1) is 14.1. The third kappa shape index (κ3) is 3.75. The van der Waals surface area contributed by atoms with Crippen LogP contribution in [-0.4, -0.2) is 30.8 Å². The molecule has 0 bridgehead atoms. The van der Waals surface area contributed by atoms with Gasteiger partial charge in [-0.15, -0.1) is 0 Å². The van der Waals surface area contributed by atoms with Gasteiger partial charge in [0, 0.05) is 12.7 Å². The van der Waals surface area contributed by atoms with Crippen LogP contribution in [0.25, 0.3) is 0 Å². The summed E-state index contributed by atoms with van der Waals surface area (Å²) in [5, 5.41) is 13.0.